The van der Waals surface area contributed by atoms with E-state index in [0.29, 0.717) is 5.41 Å². The molecule has 1 aromatic carbocycles. The van der Waals surface area contributed by atoms with Crippen molar-refractivity contribution in [2.75, 3.05) is 13.1 Å². The van der Waals surface area contributed by atoms with Crippen LogP contribution in [-0.2, 0) is 6.54 Å². The highest BCUT2D eigenvalue weighted by Gasteiger charge is 2.36. The summed E-state index contributed by atoms with van der Waals surface area (Å²) < 4.78 is 0. The van der Waals surface area contributed by atoms with E-state index in [1.807, 2.05) is 12.1 Å². The molecule has 0 aromatic heterocycles. The van der Waals surface area contributed by atoms with Gasteiger partial charge in [0.2, 0.25) is 0 Å². The molecule has 1 aromatic rings. The van der Waals surface area contributed by atoms with E-state index in [1.54, 1.807) is 0 Å². The average Bonchev–Trinajstić information content (AvgIpc) is 2.91. The van der Waals surface area contributed by atoms with Crippen LogP contribution in [0.25, 0.3) is 0 Å². The molecule has 2 heteroatoms. The van der Waals surface area contributed by atoms with Crippen LogP contribution in [0.2, 0.25) is 0 Å². The molecule has 0 N–H and O–H groups in total. The monoisotopic (exact) mass is 254 g/mol. The number of nitriles is 1. The lowest BCUT2D eigenvalue weighted by atomic mass is 9.77. The molecule has 0 unspecified atom stereocenters. The average molecular weight is 254 g/mol. The molecular formula is C17H22N2. The van der Waals surface area contributed by atoms with Crippen molar-refractivity contribution in [2.24, 2.45) is 5.41 Å². The first kappa shape index (κ1) is 12.7. The van der Waals surface area contributed by atoms with Gasteiger partial charge in [0.25, 0.3) is 0 Å². The summed E-state index contributed by atoms with van der Waals surface area (Å²) >= 11 is 0. The van der Waals surface area contributed by atoms with Gasteiger partial charge in [-0.3, -0.25) is 4.90 Å². The third-order valence-electron chi connectivity index (χ3n) is 5.07. The molecule has 3 rings (SSSR count). The Morgan fingerprint density at radius 1 is 1.00 bits per heavy atom. The van der Waals surface area contributed by atoms with Crippen molar-refractivity contribution in [3.63, 3.8) is 0 Å². The molecule has 0 radical (unpaired) electrons. The Kier molecular flexibility index (Phi) is 3.57. The Labute approximate surface area is 116 Å². The zero-order valence-electron chi connectivity index (χ0n) is 11.6. The van der Waals surface area contributed by atoms with Gasteiger partial charge >= 0.3 is 0 Å². The Bertz CT molecular complexity index is 453. The summed E-state index contributed by atoms with van der Waals surface area (Å²) in [6, 6.07) is 10.2. The molecule has 2 aliphatic rings. The molecule has 1 spiro atoms. The molecule has 2 nitrogen and oxygen atoms in total. The van der Waals surface area contributed by atoms with Crippen LogP contribution >= 0.6 is 0 Å². The molecule has 1 saturated carbocycles. The van der Waals surface area contributed by atoms with E-state index in [4.69, 9.17) is 5.26 Å². The zero-order chi connectivity index (χ0) is 13.1. The van der Waals surface area contributed by atoms with Crippen LogP contribution in [-0.4, -0.2) is 18.0 Å². The third kappa shape index (κ3) is 2.82. The van der Waals surface area contributed by atoms with Crippen molar-refractivity contribution in [2.45, 2.75) is 45.1 Å². The Balaban J connectivity index is 1.55. The van der Waals surface area contributed by atoms with Crippen molar-refractivity contribution >= 4 is 0 Å². The van der Waals surface area contributed by atoms with Gasteiger partial charge in [0, 0.05) is 6.54 Å². The van der Waals surface area contributed by atoms with Gasteiger partial charge in [-0.15, -0.1) is 0 Å². The molecule has 1 heterocycles. The van der Waals surface area contributed by atoms with Crippen LogP contribution in [0.1, 0.15) is 49.7 Å². The molecule has 1 aliphatic carbocycles. The van der Waals surface area contributed by atoms with Crippen LogP contribution in [0.4, 0.5) is 0 Å². The molecular weight excluding hydrogens is 232 g/mol. The van der Waals surface area contributed by atoms with E-state index in [9.17, 15) is 0 Å². The van der Waals surface area contributed by atoms with Crippen molar-refractivity contribution < 1.29 is 0 Å². The molecule has 0 bridgehead atoms. The topological polar surface area (TPSA) is 27.0 Å². The second kappa shape index (κ2) is 5.35. The Morgan fingerprint density at radius 2 is 1.63 bits per heavy atom. The fraction of sp³-hybridized carbons (Fsp3) is 0.588. The minimum absolute atomic E-state index is 0.709. The lowest BCUT2D eigenvalue weighted by Gasteiger charge is -2.39. The number of rotatable bonds is 2. The highest BCUT2D eigenvalue weighted by Crippen LogP contribution is 2.46. The van der Waals surface area contributed by atoms with Gasteiger partial charge in [-0.2, -0.15) is 5.26 Å². The molecule has 0 atom stereocenters. The largest absolute Gasteiger partial charge is 0.299 e. The van der Waals surface area contributed by atoms with Gasteiger partial charge in [-0.05, 0) is 61.9 Å². The van der Waals surface area contributed by atoms with E-state index in [-0.39, 0.29) is 0 Å². The fourth-order valence-corrected chi connectivity index (χ4v) is 3.75. The molecule has 1 aliphatic heterocycles. The smallest absolute Gasteiger partial charge is 0.0991 e. The van der Waals surface area contributed by atoms with Crippen LogP contribution in [0.15, 0.2) is 24.3 Å². The van der Waals surface area contributed by atoms with Crippen molar-refractivity contribution in [3.05, 3.63) is 35.4 Å². The zero-order valence-corrected chi connectivity index (χ0v) is 11.6. The number of hydrogen-bond acceptors (Lipinski definition) is 2. The second-order valence-corrected chi connectivity index (χ2v) is 6.29. The highest BCUT2D eigenvalue weighted by molar-refractivity contribution is 5.31. The summed E-state index contributed by atoms with van der Waals surface area (Å²) in [5, 5.41) is 8.81. The maximum atomic E-state index is 8.81. The SMILES string of the molecule is N#Cc1ccc(CN2CCC3(CCCC3)CC2)cc1. The van der Waals surface area contributed by atoms with Gasteiger partial charge in [-0.1, -0.05) is 25.0 Å². The van der Waals surface area contributed by atoms with E-state index in [1.165, 1.54) is 57.2 Å². The van der Waals surface area contributed by atoms with Gasteiger partial charge in [0.1, 0.15) is 0 Å². The fourth-order valence-electron chi connectivity index (χ4n) is 3.75. The quantitative estimate of drug-likeness (QED) is 0.804. The van der Waals surface area contributed by atoms with Gasteiger partial charge in [0.15, 0.2) is 0 Å². The number of nitrogens with zero attached hydrogens (tertiary/aromatic N) is 2. The lowest BCUT2D eigenvalue weighted by Crippen LogP contribution is -2.38. The summed E-state index contributed by atoms with van der Waals surface area (Å²) in [7, 11) is 0. The number of benzene rings is 1. The summed E-state index contributed by atoms with van der Waals surface area (Å²) in [6.07, 6.45) is 8.63. The van der Waals surface area contributed by atoms with Gasteiger partial charge < -0.3 is 0 Å². The highest BCUT2D eigenvalue weighted by atomic mass is 15.1. The predicted octanol–water partition coefficient (Wildman–Crippen LogP) is 3.71. The summed E-state index contributed by atoms with van der Waals surface area (Å²) in [6.45, 7) is 3.54. The maximum absolute atomic E-state index is 8.81. The van der Waals surface area contributed by atoms with Gasteiger partial charge in [-0.25, -0.2) is 0 Å². The van der Waals surface area contributed by atoms with Crippen LogP contribution in [0.3, 0.4) is 0 Å². The first-order valence-corrected chi connectivity index (χ1v) is 7.51. The number of hydrogen-bond donors (Lipinski definition) is 0. The van der Waals surface area contributed by atoms with Crippen LogP contribution < -0.4 is 0 Å². The van der Waals surface area contributed by atoms with Gasteiger partial charge in [0.05, 0.1) is 11.6 Å². The number of likely N-dealkylation sites (tertiary alicyclic amines) is 1. The maximum Gasteiger partial charge on any atom is 0.0991 e. The van der Waals surface area contributed by atoms with Crippen molar-refractivity contribution in [1.29, 1.82) is 5.26 Å². The number of piperidine rings is 1. The predicted molar refractivity (Wildman–Crippen MR) is 76.6 cm³/mol. The minimum atomic E-state index is 0.709. The first-order chi connectivity index (χ1) is 9.30. The van der Waals surface area contributed by atoms with Crippen LogP contribution in [0, 0.1) is 16.7 Å². The Hall–Kier alpha value is -1.33. The van der Waals surface area contributed by atoms with Crippen molar-refractivity contribution in [1.82, 2.24) is 4.90 Å². The summed E-state index contributed by atoms with van der Waals surface area (Å²) in [4.78, 5) is 2.57. The molecule has 0 amide bonds. The lowest BCUT2D eigenvalue weighted by molar-refractivity contribution is 0.103. The first-order valence-electron chi connectivity index (χ1n) is 7.51. The second-order valence-electron chi connectivity index (χ2n) is 6.29. The van der Waals surface area contributed by atoms with E-state index in [0.717, 1.165) is 12.1 Å². The summed E-state index contributed by atoms with van der Waals surface area (Å²) in [5.41, 5.74) is 2.80. The summed E-state index contributed by atoms with van der Waals surface area (Å²) in [5.74, 6) is 0. The molecule has 1 saturated heterocycles. The third-order valence-corrected chi connectivity index (χ3v) is 5.07. The minimum Gasteiger partial charge on any atom is -0.299 e. The molecule has 19 heavy (non-hydrogen) atoms. The normalized spacial score (nSPS) is 22.5. The van der Waals surface area contributed by atoms with Crippen molar-refractivity contribution in [3.8, 4) is 6.07 Å². The van der Waals surface area contributed by atoms with E-state index < -0.39 is 0 Å². The van der Waals surface area contributed by atoms with E-state index >= 15 is 0 Å². The Morgan fingerprint density at radius 3 is 2.21 bits per heavy atom. The standard InChI is InChI=1S/C17H22N2/c18-13-15-3-5-16(6-4-15)14-19-11-9-17(10-12-19)7-1-2-8-17/h3-6H,1-2,7-12,14H2. The van der Waals surface area contributed by atoms with Crippen LogP contribution in [0.5, 0.6) is 0 Å². The van der Waals surface area contributed by atoms with E-state index in [2.05, 4.69) is 23.1 Å². The molecule has 2 fully saturated rings. The molecule has 100 valence electrons.